The van der Waals surface area contributed by atoms with Gasteiger partial charge in [-0.15, -0.1) is 0 Å². The maximum atomic E-state index is 12.2. The van der Waals surface area contributed by atoms with Gasteiger partial charge in [0.05, 0.1) is 24.3 Å². The average molecular weight is 360 g/mol. The molecule has 0 spiro atoms. The lowest BCUT2D eigenvalue weighted by Crippen LogP contribution is -2.50. The number of carbonyl (C=O) groups is 1. The zero-order valence-electron chi connectivity index (χ0n) is 14.8. The maximum Gasteiger partial charge on any atom is 0.251 e. The van der Waals surface area contributed by atoms with Crippen LogP contribution in [0.4, 0.5) is 0 Å². The van der Waals surface area contributed by atoms with Gasteiger partial charge in [0, 0.05) is 19.5 Å². The van der Waals surface area contributed by atoms with Crippen molar-refractivity contribution in [2.75, 3.05) is 19.7 Å². The first-order chi connectivity index (χ1) is 13.2. The molecule has 1 aliphatic heterocycles. The Hall–Kier alpha value is -3.19. The highest BCUT2D eigenvalue weighted by molar-refractivity contribution is 5.81. The van der Waals surface area contributed by atoms with Crippen LogP contribution in [0, 0.1) is 22.7 Å². The number of ether oxygens (including phenoxy) is 1. The third-order valence-corrected chi connectivity index (χ3v) is 4.43. The predicted octanol–water partition coefficient (Wildman–Crippen LogP) is 1.76. The molecule has 2 aromatic rings. The largest absolute Gasteiger partial charge is 0.366 e. The van der Waals surface area contributed by atoms with Gasteiger partial charge in [0.25, 0.3) is 5.91 Å². The summed E-state index contributed by atoms with van der Waals surface area (Å²) in [5, 5.41) is 24.1. The summed E-state index contributed by atoms with van der Waals surface area (Å²) in [4.78, 5) is 12.2. The van der Waals surface area contributed by atoms with Crippen LogP contribution in [0.1, 0.15) is 11.1 Å². The number of carbonyl (C=O) groups excluding carboxylic acids is 1. The van der Waals surface area contributed by atoms with E-state index >= 15 is 0 Å². The molecular weight excluding hydrogens is 340 g/mol. The molecule has 1 aliphatic rings. The normalized spacial score (nSPS) is 17.3. The summed E-state index contributed by atoms with van der Waals surface area (Å²) in [6.07, 6.45) is -0.121. The van der Waals surface area contributed by atoms with Crippen molar-refractivity contribution in [3.05, 3.63) is 59.7 Å². The van der Waals surface area contributed by atoms with Gasteiger partial charge in [-0.1, -0.05) is 36.4 Å². The summed E-state index contributed by atoms with van der Waals surface area (Å²) in [6, 6.07) is 18.9. The van der Waals surface area contributed by atoms with Crippen molar-refractivity contribution in [3.8, 4) is 23.3 Å². The molecule has 1 heterocycles. The van der Waals surface area contributed by atoms with Crippen molar-refractivity contribution in [3.63, 3.8) is 0 Å². The third kappa shape index (κ3) is 4.92. The summed E-state index contributed by atoms with van der Waals surface area (Å²) in [5.41, 5.74) is 3.64. The fourth-order valence-corrected chi connectivity index (χ4v) is 2.93. The lowest BCUT2D eigenvalue weighted by Gasteiger charge is -2.24. The number of nitriles is 2. The van der Waals surface area contributed by atoms with E-state index in [1.807, 2.05) is 36.4 Å². The van der Waals surface area contributed by atoms with Crippen LogP contribution >= 0.6 is 0 Å². The molecule has 2 atom stereocenters. The molecule has 0 unspecified atom stereocenters. The summed E-state index contributed by atoms with van der Waals surface area (Å²) >= 11 is 0. The van der Waals surface area contributed by atoms with E-state index in [9.17, 15) is 10.1 Å². The highest BCUT2D eigenvalue weighted by atomic mass is 16.5. The molecule has 6 heteroatoms. The number of amides is 1. The zero-order valence-corrected chi connectivity index (χ0v) is 14.8. The van der Waals surface area contributed by atoms with Crippen LogP contribution in [0.15, 0.2) is 48.5 Å². The highest BCUT2D eigenvalue weighted by Crippen LogP contribution is 2.20. The van der Waals surface area contributed by atoms with E-state index in [2.05, 4.69) is 22.8 Å². The number of benzene rings is 2. The molecule has 6 nitrogen and oxygen atoms in total. The fraction of sp³-hybridized carbons (Fsp3) is 0.286. The van der Waals surface area contributed by atoms with E-state index in [-0.39, 0.29) is 5.91 Å². The van der Waals surface area contributed by atoms with Gasteiger partial charge in [0.2, 0.25) is 0 Å². The minimum atomic E-state index is -0.608. The number of rotatable bonds is 5. The Morgan fingerprint density at radius 1 is 1.15 bits per heavy atom. The van der Waals surface area contributed by atoms with Crippen molar-refractivity contribution in [2.24, 2.45) is 0 Å². The van der Waals surface area contributed by atoms with Gasteiger partial charge in [-0.25, -0.2) is 0 Å². The molecule has 0 aliphatic carbocycles. The Bertz CT molecular complexity index is 857. The van der Waals surface area contributed by atoms with Crippen LogP contribution in [0.25, 0.3) is 11.1 Å². The molecule has 0 radical (unpaired) electrons. The summed E-state index contributed by atoms with van der Waals surface area (Å²) < 4.78 is 5.41. The molecule has 27 heavy (non-hydrogen) atoms. The van der Waals surface area contributed by atoms with Gasteiger partial charge in [0.1, 0.15) is 12.1 Å². The van der Waals surface area contributed by atoms with Gasteiger partial charge < -0.3 is 15.4 Å². The molecule has 0 saturated carbocycles. The van der Waals surface area contributed by atoms with E-state index in [1.54, 1.807) is 12.1 Å². The van der Waals surface area contributed by atoms with Crippen molar-refractivity contribution in [1.82, 2.24) is 10.6 Å². The molecule has 0 aromatic heterocycles. The fourth-order valence-electron chi connectivity index (χ4n) is 2.93. The van der Waals surface area contributed by atoms with Gasteiger partial charge in [0.15, 0.2) is 0 Å². The molecule has 1 fully saturated rings. The molecule has 136 valence electrons. The van der Waals surface area contributed by atoms with E-state index in [0.29, 0.717) is 25.1 Å². The second-order valence-electron chi connectivity index (χ2n) is 6.34. The van der Waals surface area contributed by atoms with Crippen molar-refractivity contribution in [1.29, 1.82) is 10.5 Å². The molecule has 1 amide bonds. The molecule has 3 rings (SSSR count). The smallest absolute Gasteiger partial charge is 0.251 e. The number of morpholine rings is 1. The van der Waals surface area contributed by atoms with E-state index in [4.69, 9.17) is 10.00 Å². The SMILES string of the molecule is N#Cc1ccc(-c2ccc(C[C@@H](C#N)NC(=O)[C@@H]3CNCCO3)cc2)cc1. The second-order valence-corrected chi connectivity index (χ2v) is 6.34. The van der Waals surface area contributed by atoms with Crippen LogP contribution in [-0.4, -0.2) is 37.7 Å². The zero-order chi connectivity index (χ0) is 19.1. The number of hydrogen-bond donors (Lipinski definition) is 2. The van der Waals surface area contributed by atoms with Gasteiger partial charge >= 0.3 is 0 Å². The Labute approximate surface area is 158 Å². The molecule has 1 saturated heterocycles. The first-order valence-corrected chi connectivity index (χ1v) is 8.81. The van der Waals surface area contributed by atoms with E-state index < -0.39 is 12.1 Å². The van der Waals surface area contributed by atoms with Crippen molar-refractivity contribution >= 4 is 5.91 Å². The monoisotopic (exact) mass is 360 g/mol. The van der Waals surface area contributed by atoms with Gasteiger partial charge in [-0.05, 0) is 28.8 Å². The van der Waals surface area contributed by atoms with E-state index in [1.165, 1.54) is 0 Å². The molecular formula is C21H20N4O2. The van der Waals surface area contributed by atoms with Crippen LogP contribution < -0.4 is 10.6 Å². The standard InChI is InChI=1S/C21H20N4O2/c22-12-16-3-7-18(8-4-16)17-5-1-15(2-6-17)11-19(13-23)25-21(26)20-14-24-9-10-27-20/h1-8,19-20,24H,9-11,14H2,(H,25,26)/t19-,20-/m0/s1. The predicted molar refractivity (Wildman–Crippen MR) is 100 cm³/mol. The van der Waals surface area contributed by atoms with Crippen molar-refractivity contribution < 1.29 is 9.53 Å². The lowest BCUT2D eigenvalue weighted by atomic mass is 10.00. The summed E-state index contributed by atoms with van der Waals surface area (Å²) in [5.74, 6) is -0.261. The minimum absolute atomic E-state index is 0.261. The average Bonchev–Trinajstić information content (AvgIpc) is 2.74. The number of nitrogens with zero attached hydrogens (tertiary/aromatic N) is 2. The van der Waals surface area contributed by atoms with Crippen molar-refractivity contribution in [2.45, 2.75) is 18.6 Å². The number of nitrogens with one attached hydrogen (secondary N) is 2. The Morgan fingerprint density at radius 2 is 1.81 bits per heavy atom. The third-order valence-electron chi connectivity index (χ3n) is 4.43. The first kappa shape index (κ1) is 18.6. The van der Waals surface area contributed by atoms with E-state index in [0.717, 1.165) is 23.2 Å². The second kappa shape index (κ2) is 8.95. The quantitative estimate of drug-likeness (QED) is 0.847. The van der Waals surface area contributed by atoms with Crippen LogP contribution in [0.2, 0.25) is 0 Å². The van der Waals surface area contributed by atoms with Crippen LogP contribution in [0.3, 0.4) is 0 Å². The number of hydrogen-bond acceptors (Lipinski definition) is 5. The Balaban J connectivity index is 1.61. The maximum absolute atomic E-state index is 12.2. The first-order valence-electron chi connectivity index (χ1n) is 8.81. The van der Waals surface area contributed by atoms with Crippen LogP contribution in [0.5, 0.6) is 0 Å². The topological polar surface area (TPSA) is 97.9 Å². The summed E-state index contributed by atoms with van der Waals surface area (Å²) in [7, 11) is 0. The molecule has 0 bridgehead atoms. The molecule has 2 aromatic carbocycles. The summed E-state index contributed by atoms with van der Waals surface area (Å²) in [6.45, 7) is 1.69. The highest BCUT2D eigenvalue weighted by Gasteiger charge is 2.24. The van der Waals surface area contributed by atoms with Gasteiger partial charge in [-0.2, -0.15) is 10.5 Å². The van der Waals surface area contributed by atoms with Crippen LogP contribution in [-0.2, 0) is 16.0 Å². The Kier molecular flexibility index (Phi) is 6.17. The van der Waals surface area contributed by atoms with Gasteiger partial charge in [-0.3, -0.25) is 4.79 Å². The lowest BCUT2D eigenvalue weighted by molar-refractivity contribution is -0.134. The Morgan fingerprint density at radius 3 is 2.37 bits per heavy atom. The molecule has 2 N–H and O–H groups in total. The minimum Gasteiger partial charge on any atom is -0.366 e.